The van der Waals surface area contributed by atoms with Gasteiger partial charge in [0.2, 0.25) is 5.41 Å². The number of benzene rings is 1. The maximum absolute atomic E-state index is 13.6. The van der Waals surface area contributed by atoms with Gasteiger partial charge in [-0.1, -0.05) is 38.1 Å². The summed E-state index contributed by atoms with van der Waals surface area (Å²) < 4.78 is 45.8. The molecule has 1 aromatic rings. The lowest BCUT2D eigenvalue weighted by atomic mass is 9.82. The molecule has 0 unspecified atom stereocenters. The van der Waals surface area contributed by atoms with Crippen LogP contribution in [0.4, 0.5) is 13.2 Å². The van der Waals surface area contributed by atoms with Crippen LogP contribution in [-0.2, 0) is 16.0 Å². The van der Waals surface area contributed by atoms with Gasteiger partial charge in [0.15, 0.2) is 5.78 Å². The molecule has 0 saturated heterocycles. The quantitative estimate of drug-likeness (QED) is 0.628. The van der Waals surface area contributed by atoms with Crippen LogP contribution in [0.2, 0.25) is 0 Å². The zero-order chi connectivity index (χ0) is 16.5. The third-order valence-electron chi connectivity index (χ3n) is 4.12. The topological polar surface area (TPSA) is 43.4 Å². The van der Waals surface area contributed by atoms with Gasteiger partial charge in [-0.25, -0.2) is 0 Å². The molecule has 0 spiro atoms. The van der Waals surface area contributed by atoms with Crippen LogP contribution >= 0.6 is 0 Å². The molecule has 2 rings (SSSR count). The summed E-state index contributed by atoms with van der Waals surface area (Å²) in [4.78, 5) is 24.6. The SMILES string of the molecule is CCC(CC)OC(=O)[C@@]1(C(F)(F)F)Cc2ccccc2C1=O. The van der Waals surface area contributed by atoms with Crippen molar-refractivity contribution in [3.05, 3.63) is 35.4 Å². The molecule has 1 aromatic carbocycles. The van der Waals surface area contributed by atoms with Crippen LogP contribution in [0.1, 0.15) is 42.6 Å². The number of carbonyl (C=O) groups excluding carboxylic acids is 2. The molecular weight excluding hydrogens is 297 g/mol. The highest BCUT2D eigenvalue weighted by Gasteiger charge is 2.69. The summed E-state index contributed by atoms with van der Waals surface area (Å²) in [6.45, 7) is 3.43. The minimum atomic E-state index is -4.99. The Labute approximate surface area is 126 Å². The van der Waals surface area contributed by atoms with E-state index >= 15 is 0 Å². The van der Waals surface area contributed by atoms with Crippen molar-refractivity contribution in [2.24, 2.45) is 5.41 Å². The van der Waals surface area contributed by atoms with E-state index in [0.29, 0.717) is 12.8 Å². The van der Waals surface area contributed by atoms with E-state index in [0.717, 1.165) is 0 Å². The second-order valence-corrected chi connectivity index (χ2v) is 5.41. The number of ketones is 1. The predicted molar refractivity (Wildman–Crippen MR) is 73.4 cm³/mol. The minimum Gasteiger partial charge on any atom is -0.461 e. The zero-order valence-electron chi connectivity index (χ0n) is 12.4. The summed E-state index contributed by atoms with van der Waals surface area (Å²) in [7, 11) is 0. The van der Waals surface area contributed by atoms with Crippen molar-refractivity contribution in [3.63, 3.8) is 0 Å². The normalized spacial score (nSPS) is 21.1. The molecule has 3 nitrogen and oxygen atoms in total. The summed E-state index contributed by atoms with van der Waals surface area (Å²) in [6.07, 6.45) is -5.51. The first kappa shape index (κ1) is 16.5. The molecule has 1 aliphatic rings. The fraction of sp³-hybridized carbons (Fsp3) is 0.500. The van der Waals surface area contributed by atoms with Gasteiger partial charge in [-0.3, -0.25) is 9.59 Å². The Hall–Kier alpha value is -1.85. The van der Waals surface area contributed by atoms with Crippen molar-refractivity contribution < 1.29 is 27.5 Å². The van der Waals surface area contributed by atoms with Gasteiger partial charge >= 0.3 is 12.1 Å². The second-order valence-electron chi connectivity index (χ2n) is 5.41. The van der Waals surface area contributed by atoms with Gasteiger partial charge in [0.05, 0.1) is 0 Å². The number of ether oxygens (including phenoxy) is 1. The van der Waals surface area contributed by atoms with Crippen LogP contribution in [0.25, 0.3) is 0 Å². The molecule has 0 heterocycles. The van der Waals surface area contributed by atoms with E-state index in [-0.39, 0.29) is 11.1 Å². The number of alkyl halides is 3. The molecule has 0 saturated carbocycles. The first-order valence-electron chi connectivity index (χ1n) is 7.18. The molecule has 120 valence electrons. The Morgan fingerprint density at radius 2 is 1.86 bits per heavy atom. The minimum absolute atomic E-state index is 0.0543. The fourth-order valence-corrected chi connectivity index (χ4v) is 2.71. The van der Waals surface area contributed by atoms with Crippen LogP contribution in [0.3, 0.4) is 0 Å². The fourth-order valence-electron chi connectivity index (χ4n) is 2.71. The average molecular weight is 314 g/mol. The third-order valence-corrected chi connectivity index (χ3v) is 4.12. The molecule has 0 amide bonds. The summed E-state index contributed by atoms with van der Waals surface area (Å²) in [5, 5.41) is 0. The van der Waals surface area contributed by atoms with Crippen molar-refractivity contribution in [2.45, 2.75) is 45.4 Å². The first-order chi connectivity index (χ1) is 10.3. The molecule has 0 radical (unpaired) electrons. The highest BCUT2D eigenvalue weighted by atomic mass is 19.4. The van der Waals surface area contributed by atoms with Crippen LogP contribution in [0.5, 0.6) is 0 Å². The number of fused-ring (bicyclic) bond motifs is 1. The van der Waals surface area contributed by atoms with Gasteiger partial charge in [0.25, 0.3) is 0 Å². The summed E-state index contributed by atoms with van der Waals surface area (Å²) >= 11 is 0. The Morgan fingerprint density at radius 3 is 2.36 bits per heavy atom. The van der Waals surface area contributed by atoms with Crippen LogP contribution in [-0.4, -0.2) is 24.0 Å². The van der Waals surface area contributed by atoms with Crippen molar-refractivity contribution >= 4 is 11.8 Å². The van der Waals surface area contributed by atoms with E-state index in [1.54, 1.807) is 19.9 Å². The number of Topliss-reactive ketones (excluding diaryl/α,β-unsaturated/α-hetero) is 1. The van der Waals surface area contributed by atoms with Gasteiger partial charge in [0.1, 0.15) is 6.10 Å². The smallest absolute Gasteiger partial charge is 0.412 e. The predicted octanol–water partition coefficient (Wildman–Crippen LogP) is 3.71. The van der Waals surface area contributed by atoms with Crippen LogP contribution in [0, 0.1) is 5.41 Å². The number of rotatable bonds is 4. The highest BCUT2D eigenvalue weighted by Crippen LogP contribution is 2.49. The molecule has 1 aliphatic carbocycles. The Kier molecular flexibility index (Phi) is 4.31. The molecule has 6 heteroatoms. The lowest BCUT2D eigenvalue weighted by Crippen LogP contribution is -2.51. The summed E-state index contributed by atoms with van der Waals surface area (Å²) in [6, 6.07) is 5.78. The van der Waals surface area contributed by atoms with Gasteiger partial charge in [0, 0.05) is 12.0 Å². The second kappa shape index (κ2) is 5.74. The Balaban J connectivity index is 2.45. The Morgan fingerprint density at radius 1 is 1.27 bits per heavy atom. The molecule has 0 bridgehead atoms. The lowest BCUT2D eigenvalue weighted by Gasteiger charge is -2.29. The van der Waals surface area contributed by atoms with Crippen LogP contribution in [0.15, 0.2) is 24.3 Å². The van der Waals surface area contributed by atoms with E-state index in [4.69, 9.17) is 4.74 Å². The number of carbonyl (C=O) groups is 2. The van der Waals surface area contributed by atoms with Gasteiger partial charge < -0.3 is 4.74 Å². The zero-order valence-corrected chi connectivity index (χ0v) is 12.4. The summed E-state index contributed by atoms with van der Waals surface area (Å²) in [5.74, 6) is -2.71. The molecule has 22 heavy (non-hydrogen) atoms. The van der Waals surface area contributed by atoms with Crippen molar-refractivity contribution in [3.8, 4) is 0 Å². The molecule has 1 atom stereocenters. The monoisotopic (exact) mass is 314 g/mol. The van der Waals surface area contributed by atoms with E-state index in [1.807, 2.05) is 0 Å². The number of hydrogen-bond acceptors (Lipinski definition) is 3. The maximum Gasteiger partial charge on any atom is 0.412 e. The highest BCUT2D eigenvalue weighted by molar-refractivity contribution is 6.16. The maximum atomic E-state index is 13.6. The molecule has 0 aromatic heterocycles. The van der Waals surface area contributed by atoms with Crippen LogP contribution < -0.4 is 0 Å². The van der Waals surface area contributed by atoms with Crippen molar-refractivity contribution in [2.75, 3.05) is 0 Å². The third kappa shape index (κ3) is 2.40. The van der Waals surface area contributed by atoms with Crippen molar-refractivity contribution in [1.82, 2.24) is 0 Å². The van der Waals surface area contributed by atoms with E-state index in [9.17, 15) is 22.8 Å². The largest absolute Gasteiger partial charge is 0.461 e. The molecule has 0 aliphatic heterocycles. The van der Waals surface area contributed by atoms with Gasteiger partial charge in [-0.05, 0) is 18.4 Å². The number of esters is 1. The number of hydrogen-bond donors (Lipinski definition) is 0. The Bertz CT molecular complexity index is 591. The lowest BCUT2D eigenvalue weighted by molar-refractivity contribution is -0.220. The molecule has 0 fully saturated rings. The number of halogens is 3. The van der Waals surface area contributed by atoms with E-state index < -0.39 is 35.9 Å². The summed E-state index contributed by atoms with van der Waals surface area (Å²) in [5.41, 5.74) is -2.94. The van der Waals surface area contributed by atoms with E-state index in [1.165, 1.54) is 18.2 Å². The molecular formula is C16H17F3O3. The molecule has 0 N–H and O–H groups in total. The van der Waals surface area contributed by atoms with Gasteiger partial charge in [-0.15, -0.1) is 0 Å². The van der Waals surface area contributed by atoms with E-state index in [2.05, 4.69) is 0 Å². The van der Waals surface area contributed by atoms with Gasteiger partial charge in [-0.2, -0.15) is 13.2 Å². The standard InChI is InChI=1S/C16H17F3O3/c1-3-11(4-2)22-14(21)15(16(17,18)19)9-10-7-5-6-8-12(10)13(15)20/h5-8,11H,3-4,9H2,1-2H3/t15-/m1/s1. The first-order valence-corrected chi connectivity index (χ1v) is 7.18. The average Bonchev–Trinajstić information content (AvgIpc) is 2.79. The van der Waals surface area contributed by atoms with Crippen molar-refractivity contribution in [1.29, 1.82) is 0 Å².